The number of aromatic nitrogens is 2. The van der Waals surface area contributed by atoms with Crippen LogP contribution in [0.4, 0.5) is 0 Å². The molecule has 0 saturated heterocycles. The van der Waals surface area contributed by atoms with Crippen molar-refractivity contribution in [3.05, 3.63) is 68.4 Å². The van der Waals surface area contributed by atoms with E-state index in [4.69, 9.17) is 9.72 Å². The molecule has 0 atom stereocenters. The van der Waals surface area contributed by atoms with Crippen LogP contribution in [0, 0.1) is 6.92 Å². The van der Waals surface area contributed by atoms with Crippen molar-refractivity contribution < 1.29 is 4.74 Å². The van der Waals surface area contributed by atoms with E-state index in [1.165, 1.54) is 11.1 Å². The normalized spacial score (nSPS) is 11.2. The van der Waals surface area contributed by atoms with Crippen molar-refractivity contribution in [1.29, 1.82) is 0 Å². The standard InChI is InChI=1S/C19H19BrN2O2S/c1-13-4-3-5-14(10-13)12-25-19-21-17-7-6-15(20)11-16(17)18(23)22(19)8-9-24-2/h3-7,10-11H,8-9,12H2,1-2H3. The number of fused-ring (bicyclic) bond motifs is 1. The molecule has 1 heterocycles. The molecule has 3 aromatic rings. The van der Waals surface area contributed by atoms with Gasteiger partial charge in [-0.25, -0.2) is 4.98 Å². The van der Waals surface area contributed by atoms with Crippen LogP contribution in [-0.4, -0.2) is 23.3 Å². The molecule has 0 amide bonds. The number of nitrogens with zero attached hydrogens (tertiary/aromatic N) is 2. The number of hydrogen-bond donors (Lipinski definition) is 0. The van der Waals surface area contributed by atoms with Crippen LogP contribution in [0.15, 0.2) is 56.9 Å². The number of benzene rings is 2. The highest BCUT2D eigenvalue weighted by atomic mass is 79.9. The molecule has 0 aliphatic heterocycles. The minimum Gasteiger partial charge on any atom is -0.383 e. The molecule has 0 bridgehead atoms. The zero-order chi connectivity index (χ0) is 17.8. The number of hydrogen-bond acceptors (Lipinski definition) is 4. The van der Waals surface area contributed by atoms with Crippen molar-refractivity contribution in [2.45, 2.75) is 24.4 Å². The van der Waals surface area contributed by atoms with Gasteiger partial charge >= 0.3 is 0 Å². The summed E-state index contributed by atoms with van der Waals surface area (Å²) >= 11 is 5.00. The highest BCUT2D eigenvalue weighted by Gasteiger charge is 2.12. The van der Waals surface area contributed by atoms with E-state index in [1.807, 2.05) is 18.2 Å². The Morgan fingerprint density at radius 1 is 1.24 bits per heavy atom. The molecule has 25 heavy (non-hydrogen) atoms. The lowest BCUT2D eigenvalue weighted by molar-refractivity contribution is 0.183. The maximum atomic E-state index is 12.9. The van der Waals surface area contributed by atoms with Gasteiger partial charge in [0, 0.05) is 17.3 Å². The lowest BCUT2D eigenvalue weighted by Crippen LogP contribution is -2.25. The van der Waals surface area contributed by atoms with Gasteiger partial charge in [-0.15, -0.1) is 0 Å². The Labute approximate surface area is 159 Å². The van der Waals surface area contributed by atoms with E-state index in [0.29, 0.717) is 24.1 Å². The molecule has 0 unspecified atom stereocenters. The van der Waals surface area contributed by atoms with Crippen molar-refractivity contribution in [1.82, 2.24) is 9.55 Å². The smallest absolute Gasteiger partial charge is 0.262 e. The first-order chi connectivity index (χ1) is 12.1. The van der Waals surface area contributed by atoms with Gasteiger partial charge in [0.1, 0.15) is 0 Å². The summed E-state index contributed by atoms with van der Waals surface area (Å²) in [6.07, 6.45) is 0. The predicted molar refractivity (Wildman–Crippen MR) is 106 cm³/mol. The van der Waals surface area contributed by atoms with Gasteiger partial charge in [0.15, 0.2) is 5.16 Å². The second kappa shape index (κ2) is 8.17. The van der Waals surface area contributed by atoms with E-state index >= 15 is 0 Å². The Balaban J connectivity index is 1.99. The van der Waals surface area contributed by atoms with Gasteiger partial charge in [-0.1, -0.05) is 57.5 Å². The van der Waals surface area contributed by atoms with Crippen molar-refractivity contribution in [3.63, 3.8) is 0 Å². The molecule has 130 valence electrons. The van der Waals surface area contributed by atoms with E-state index in [2.05, 4.69) is 47.1 Å². The minimum absolute atomic E-state index is 0.0323. The molecule has 1 aromatic heterocycles. The van der Waals surface area contributed by atoms with Gasteiger partial charge in [0.25, 0.3) is 5.56 Å². The van der Waals surface area contributed by atoms with Crippen molar-refractivity contribution in [3.8, 4) is 0 Å². The van der Waals surface area contributed by atoms with Gasteiger partial charge in [-0.3, -0.25) is 9.36 Å². The van der Waals surface area contributed by atoms with Crippen LogP contribution in [0.3, 0.4) is 0 Å². The number of ether oxygens (including phenoxy) is 1. The van der Waals surface area contributed by atoms with E-state index in [0.717, 1.165) is 15.4 Å². The topological polar surface area (TPSA) is 44.1 Å². The van der Waals surface area contributed by atoms with Gasteiger partial charge in [-0.05, 0) is 30.7 Å². The molecule has 3 rings (SSSR count). The van der Waals surface area contributed by atoms with E-state index < -0.39 is 0 Å². The summed E-state index contributed by atoms with van der Waals surface area (Å²) < 4.78 is 7.74. The minimum atomic E-state index is -0.0323. The molecule has 0 saturated carbocycles. The number of aryl methyl sites for hydroxylation is 1. The van der Waals surface area contributed by atoms with Crippen molar-refractivity contribution in [2.24, 2.45) is 0 Å². The van der Waals surface area contributed by atoms with Crippen molar-refractivity contribution in [2.75, 3.05) is 13.7 Å². The van der Waals surface area contributed by atoms with Crippen LogP contribution < -0.4 is 5.56 Å². The SMILES string of the molecule is COCCn1c(SCc2cccc(C)c2)nc2ccc(Br)cc2c1=O. The first kappa shape index (κ1) is 18.2. The molecule has 0 spiro atoms. The fraction of sp³-hybridized carbons (Fsp3) is 0.263. The molecular formula is C19H19BrN2O2S. The van der Waals surface area contributed by atoms with Crippen LogP contribution in [0.25, 0.3) is 10.9 Å². The van der Waals surface area contributed by atoms with Gasteiger partial charge in [-0.2, -0.15) is 0 Å². The molecule has 0 aliphatic carbocycles. The maximum absolute atomic E-state index is 12.9. The molecule has 6 heteroatoms. The summed E-state index contributed by atoms with van der Waals surface area (Å²) in [7, 11) is 1.63. The third kappa shape index (κ3) is 4.32. The van der Waals surface area contributed by atoms with Crippen molar-refractivity contribution >= 4 is 38.6 Å². The lowest BCUT2D eigenvalue weighted by atomic mass is 10.2. The Morgan fingerprint density at radius 2 is 2.08 bits per heavy atom. The number of methoxy groups -OCH3 is 1. The largest absolute Gasteiger partial charge is 0.383 e. The Bertz CT molecular complexity index is 956. The van der Waals surface area contributed by atoms with E-state index in [1.54, 1.807) is 23.4 Å². The van der Waals surface area contributed by atoms with Gasteiger partial charge in [0.2, 0.25) is 0 Å². The summed E-state index contributed by atoms with van der Waals surface area (Å²) in [5.74, 6) is 0.767. The van der Waals surface area contributed by atoms with Crippen LogP contribution in [0.2, 0.25) is 0 Å². The Hall–Kier alpha value is -1.63. The first-order valence-corrected chi connectivity index (χ1v) is 9.74. The molecule has 0 N–H and O–H groups in total. The summed E-state index contributed by atoms with van der Waals surface area (Å²) in [5, 5.41) is 1.34. The average molecular weight is 419 g/mol. The zero-order valence-corrected chi connectivity index (χ0v) is 16.6. The van der Waals surface area contributed by atoms with E-state index in [9.17, 15) is 4.79 Å². The Morgan fingerprint density at radius 3 is 2.84 bits per heavy atom. The average Bonchev–Trinajstić information content (AvgIpc) is 2.60. The van der Waals surface area contributed by atoms with Crippen LogP contribution in [-0.2, 0) is 17.0 Å². The summed E-state index contributed by atoms with van der Waals surface area (Å²) in [4.78, 5) is 17.6. The van der Waals surface area contributed by atoms with Gasteiger partial charge in [0.05, 0.1) is 24.1 Å². The van der Waals surface area contributed by atoms with Crippen LogP contribution in [0.5, 0.6) is 0 Å². The summed E-state index contributed by atoms with van der Waals surface area (Å²) in [6.45, 7) is 3.04. The molecule has 0 aliphatic rings. The zero-order valence-electron chi connectivity index (χ0n) is 14.2. The van der Waals surface area contributed by atoms with Crippen LogP contribution >= 0.6 is 27.7 Å². The second-order valence-electron chi connectivity index (χ2n) is 5.78. The highest BCUT2D eigenvalue weighted by Crippen LogP contribution is 2.24. The fourth-order valence-electron chi connectivity index (χ4n) is 2.61. The summed E-state index contributed by atoms with van der Waals surface area (Å²) in [6, 6.07) is 14.0. The Kier molecular flexibility index (Phi) is 5.93. The third-order valence-electron chi connectivity index (χ3n) is 3.85. The number of thioether (sulfide) groups is 1. The quantitative estimate of drug-likeness (QED) is 0.439. The van der Waals surface area contributed by atoms with E-state index in [-0.39, 0.29) is 5.56 Å². The molecule has 4 nitrogen and oxygen atoms in total. The second-order valence-corrected chi connectivity index (χ2v) is 7.64. The van der Waals surface area contributed by atoms with Crippen LogP contribution in [0.1, 0.15) is 11.1 Å². The summed E-state index contributed by atoms with van der Waals surface area (Å²) in [5.41, 5.74) is 3.13. The number of rotatable bonds is 6. The fourth-order valence-corrected chi connectivity index (χ4v) is 3.94. The predicted octanol–water partition coefficient (Wildman–Crippen LogP) is 4.41. The maximum Gasteiger partial charge on any atom is 0.262 e. The first-order valence-electron chi connectivity index (χ1n) is 7.96. The molecular weight excluding hydrogens is 400 g/mol. The third-order valence-corrected chi connectivity index (χ3v) is 5.39. The lowest BCUT2D eigenvalue weighted by Gasteiger charge is -2.13. The molecule has 2 aromatic carbocycles. The highest BCUT2D eigenvalue weighted by molar-refractivity contribution is 9.10. The molecule has 0 radical (unpaired) electrons. The monoisotopic (exact) mass is 418 g/mol. The molecule has 0 fully saturated rings. The number of halogens is 1. The van der Waals surface area contributed by atoms with Gasteiger partial charge < -0.3 is 4.74 Å².